The van der Waals surface area contributed by atoms with Crippen LogP contribution in [0.5, 0.6) is 5.75 Å². The molecule has 0 aliphatic rings. The van der Waals surface area contributed by atoms with Crippen molar-refractivity contribution in [3.05, 3.63) is 41.5 Å². The van der Waals surface area contributed by atoms with Crippen molar-refractivity contribution in [1.82, 2.24) is 0 Å². The molecule has 1 aromatic carbocycles. The summed E-state index contributed by atoms with van der Waals surface area (Å²) in [6.45, 7) is 16.5. The van der Waals surface area contributed by atoms with Gasteiger partial charge in [-0.2, -0.15) is 0 Å². The fraction of sp³-hybridized carbons (Fsp3) is 0.579. The number of hydrogen-bond donors (Lipinski definition) is 2. The average molecular weight is 289 g/mol. The Labute approximate surface area is 130 Å². The average Bonchev–Trinajstić information content (AvgIpc) is 2.33. The highest BCUT2D eigenvalue weighted by atomic mass is 16.3. The monoisotopic (exact) mass is 289 g/mol. The third-order valence-electron chi connectivity index (χ3n) is 3.86. The van der Waals surface area contributed by atoms with Gasteiger partial charge in [0.15, 0.2) is 0 Å². The molecule has 0 unspecified atom stereocenters. The minimum absolute atomic E-state index is 0.0224. The molecular weight excluding hydrogens is 258 g/mol. The lowest BCUT2D eigenvalue weighted by Crippen LogP contribution is -2.20. The molecule has 0 aliphatic heterocycles. The predicted octanol–water partition coefficient (Wildman–Crippen LogP) is 4.95. The topological polar surface area (TPSA) is 46.2 Å². The maximum Gasteiger partial charge on any atom is 0.123 e. The van der Waals surface area contributed by atoms with E-state index in [1.54, 1.807) is 0 Å². The number of nitrogens with two attached hydrogens (primary N) is 1. The Bertz CT molecular complexity index is 468. The molecule has 21 heavy (non-hydrogen) atoms. The van der Waals surface area contributed by atoms with E-state index in [0.717, 1.165) is 29.5 Å². The molecule has 0 saturated carbocycles. The first-order chi connectivity index (χ1) is 9.48. The van der Waals surface area contributed by atoms with Crippen molar-refractivity contribution in [2.24, 2.45) is 5.73 Å². The highest BCUT2D eigenvalue weighted by Crippen LogP contribution is 2.40. The van der Waals surface area contributed by atoms with Gasteiger partial charge in [0.2, 0.25) is 0 Å². The van der Waals surface area contributed by atoms with Crippen LogP contribution in [0.3, 0.4) is 0 Å². The van der Waals surface area contributed by atoms with Gasteiger partial charge in [0.1, 0.15) is 5.75 Å². The van der Waals surface area contributed by atoms with Crippen molar-refractivity contribution in [3.63, 3.8) is 0 Å². The normalized spacial score (nSPS) is 14.0. The molecule has 0 saturated heterocycles. The Balaban J connectivity index is 3.44. The molecule has 2 heteroatoms. The summed E-state index contributed by atoms with van der Waals surface area (Å²) in [6.07, 6.45) is 3.68. The number of phenolic OH excluding ortho intramolecular Hbond substituents is 1. The van der Waals surface area contributed by atoms with Crippen LogP contribution in [-0.4, -0.2) is 5.11 Å². The maximum absolute atomic E-state index is 10.7. The molecule has 0 amide bonds. The van der Waals surface area contributed by atoms with Crippen LogP contribution in [0.4, 0.5) is 0 Å². The van der Waals surface area contributed by atoms with E-state index in [9.17, 15) is 5.11 Å². The largest absolute Gasteiger partial charge is 0.507 e. The van der Waals surface area contributed by atoms with Crippen LogP contribution in [0.1, 0.15) is 77.1 Å². The number of hydrogen-bond acceptors (Lipinski definition) is 2. The quantitative estimate of drug-likeness (QED) is 0.770. The molecule has 118 valence electrons. The molecule has 1 aromatic rings. The first-order valence-electron chi connectivity index (χ1n) is 7.73. The standard InChI is InChI=1S/C19H31NO/c1-8-9-10-16(20)13-11-14(18(2,3)4)17(21)15(12-13)19(5,6)7/h8,11-12,16,21H,1,9-10,20H2,2-7H3/t16-/m1/s1. The minimum atomic E-state index is -0.113. The number of benzene rings is 1. The second-order valence-electron chi connectivity index (χ2n) is 7.94. The fourth-order valence-corrected chi connectivity index (χ4v) is 2.48. The van der Waals surface area contributed by atoms with Crippen molar-refractivity contribution in [2.45, 2.75) is 71.3 Å². The summed E-state index contributed by atoms with van der Waals surface area (Å²) < 4.78 is 0. The van der Waals surface area contributed by atoms with E-state index < -0.39 is 0 Å². The summed E-state index contributed by atoms with van der Waals surface area (Å²) in [5, 5.41) is 10.7. The van der Waals surface area contributed by atoms with E-state index in [4.69, 9.17) is 5.73 Å². The molecule has 0 aliphatic carbocycles. The number of phenols is 1. The zero-order valence-corrected chi connectivity index (χ0v) is 14.5. The number of rotatable bonds is 4. The molecule has 0 fully saturated rings. The lowest BCUT2D eigenvalue weighted by molar-refractivity contribution is 0.422. The summed E-state index contributed by atoms with van der Waals surface area (Å²) in [4.78, 5) is 0. The Hall–Kier alpha value is -1.28. The lowest BCUT2D eigenvalue weighted by Gasteiger charge is -2.29. The second kappa shape index (κ2) is 6.23. The van der Waals surface area contributed by atoms with E-state index in [1.807, 2.05) is 6.08 Å². The smallest absolute Gasteiger partial charge is 0.123 e. The number of aromatic hydroxyl groups is 1. The summed E-state index contributed by atoms with van der Waals surface area (Å²) in [7, 11) is 0. The highest BCUT2D eigenvalue weighted by Gasteiger charge is 2.27. The molecule has 1 atom stereocenters. The van der Waals surface area contributed by atoms with E-state index >= 15 is 0 Å². The molecule has 0 heterocycles. The predicted molar refractivity (Wildman–Crippen MR) is 91.9 cm³/mol. The Kier molecular flexibility index (Phi) is 5.27. The summed E-state index contributed by atoms with van der Waals surface area (Å²) in [5.74, 6) is 0.412. The van der Waals surface area contributed by atoms with Gasteiger partial charge in [-0.3, -0.25) is 0 Å². The third-order valence-corrected chi connectivity index (χ3v) is 3.86. The molecular formula is C19H31NO. The molecule has 0 spiro atoms. The van der Waals surface area contributed by atoms with E-state index in [2.05, 4.69) is 60.3 Å². The van der Waals surface area contributed by atoms with Crippen LogP contribution in [-0.2, 0) is 10.8 Å². The SMILES string of the molecule is C=CCC[C@@H](N)c1cc(C(C)(C)C)c(O)c(C(C)(C)C)c1. The van der Waals surface area contributed by atoms with E-state index in [1.165, 1.54) is 0 Å². The third kappa shape index (κ3) is 4.34. The van der Waals surface area contributed by atoms with Crippen LogP contribution in [0, 0.1) is 0 Å². The Morgan fingerprint density at radius 2 is 1.52 bits per heavy atom. The minimum Gasteiger partial charge on any atom is -0.507 e. The molecule has 0 aromatic heterocycles. The van der Waals surface area contributed by atoms with Crippen molar-refractivity contribution in [2.75, 3.05) is 0 Å². The summed E-state index contributed by atoms with van der Waals surface area (Å²) in [6, 6.07) is 4.11. The van der Waals surface area contributed by atoms with Crippen LogP contribution in [0.25, 0.3) is 0 Å². The Morgan fingerprint density at radius 3 is 1.86 bits per heavy atom. The zero-order valence-electron chi connectivity index (χ0n) is 14.5. The van der Waals surface area contributed by atoms with Crippen molar-refractivity contribution < 1.29 is 5.11 Å². The van der Waals surface area contributed by atoms with Gasteiger partial charge in [-0.05, 0) is 40.4 Å². The van der Waals surface area contributed by atoms with Crippen molar-refractivity contribution >= 4 is 0 Å². The van der Waals surface area contributed by atoms with Crippen molar-refractivity contribution in [1.29, 1.82) is 0 Å². The van der Waals surface area contributed by atoms with Gasteiger partial charge < -0.3 is 10.8 Å². The van der Waals surface area contributed by atoms with Crippen LogP contribution < -0.4 is 5.73 Å². The highest BCUT2D eigenvalue weighted by molar-refractivity contribution is 5.50. The van der Waals surface area contributed by atoms with Crippen LogP contribution in [0.15, 0.2) is 24.8 Å². The lowest BCUT2D eigenvalue weighted by atomic mass is 9.77. The number of allylic oxidation sites excluding steroid dienone is 1. The maximum atomic E-state index is 10.7. The van der Waals surface area contributed by atoms with E-state index in [0.29, 0.717) is 5.75 Å². The molecule has 0 bridgehead atoms. The molecule has 1 rings (SSSR count). The fourth-order valence-electron chi connectivity index (χ4n) is 2.48. The summed E-state index contributed by atoms with van der Waals surface area (Å²) >= 11 is 0. The molecule has 3 N–H and O–H groups in total. The first kappa shape index (κ1) is 17.8. The molecule has 2 nitrogen and oxygen atoms in total. The summed E-state index contributed by atoms with van der Waals surface area (Å²) in [5.41, 5.74) is 9.14. The van der Waals surface area contributed by atoms with E-state index in [-0.39, 0.29) is 16.9 Å². The van der Waals surface area contributed by atoms with Crippen molar-refractivity contribution in [3.8, 4) is 5.75 Å². The second-order valence-corrected chi connectivity index (χ2v) is 7.94. The van der Waals surface area contributed by atoms with Crippen LogP contribution in [0.2, 0.25) is 0 Å². The zero-order chi connectivity index (χ0) is 16.4. The molecule has 0 radical (unpaired) electrons. The van der Waals surface area contributed by atoms with Gasteiger partial charge in [-0.25, -0.2) is 0 Å². The van der Waals surface area contributed by atoms with Crippen LogP contribution >= 0.6 is 0 Å². The van der Waals surface area contributed by atoms with Gasteiger partial charge in [-0.1, -0.05) is 59.8 Å². The first-order valence-corrected chi connectivity index (χ1v) is 7.73. The van der Waals surface area contributed by atoms with Gasteiger partial charge in [-0.15, -0.1) is 6.58 Å². The van der Waals surface area contributed by atoms with Gasteiger partial charge in [0.25, 0.3) is 0 Å². The Morgan fingerprint density at radius 1 is 1.10 bits per heavy atom. The van der Waals surface area contributed by atoms with Gasteiger partial charge >= 0.3 is 0 Å². The van der Waals surface area contributed by atoms with Gasteiger partial charge in [0, 0.05) is 6.04 Å². The van der Waals surface area contributed by atoms with Gasteiger partial charge in [0.05, 0.1) is 0 Å².